The van der Waals surface area contributed by atoms with Gasteiger partial charge in [-0.3, -0.25) is 24.0 Å². The maximum atomic E-state index is 13.9. The largest absolute Gasteiger partial charge is 0.481 e. The number of alkyl carbamates (subject to hydrolysis) is 1. The summed E-state index contributed by atoms with van der Waals surface area (Å²) in [5.41, 5.74) is 4.93. The molecule has 1 aliphatic carbocycles. The van der Waals surface area contributed by atoms with Crippen LogP contribution in [0.1, 0.15) is 68.6 Å². The Bertz CT molecular complexity index is 1840. The molecule has 0 spiro atoms. The second-order valence-corrected chi connectivity index (χ2v) is 14.5. The van der Waals surface area contributed by atoms with Crippen molar-refractivity contribution in [1.29, 1.82) is 0 Å². The van der Waals surface area contributed by atoms with Crippen molar-refractivity contribution in [3.63, 3.8) is 0 Å². The van der Waals surface area contributed by atoms with E-state index in [2.05, 4.69) is 16.0 Å². The van der Waals surface area contributed by atoms with Crippen LogP contribution in [0.15, 0.2) is 78.9 Å². The van der Waals surface area contributed by atoms with Crippen LogP contribution in [0.4, 0.5) is 4.79 Å². The Morgan fingerprint density at radius 2 is 1.39 bits per heavy atom. The van der Waals surface area contributed by atoms with Crippen molar-refractivity contribution in [3.05, 3.63) is 95.6 Å². The maximum absolute atomic E-state index is 13.9. The Morgan fingerprint density at radius 3 is 2.00 bits per heavy atom. The zero-order chi connectivity index (χ0) is 40.9. The summed E-state index contributed by atoms with van der Waals surface area (Å²) in [6.45, 7) is 4.51. The van der Waals surface area contributed by atoms with Gasteiger partial charge < -0.3 is 40.3 Å². The van der Waals surface area contributed by atoms with Gasteiger partial charge in [0.2, 0.25) is 23.6 Å². The third-order valence-corrected chi connectivity index (χ3v) is 10.5. The monoisotopic (exact) mass is 783 g/mol. The van der Waals surface area contributed by atoms with Gasteiger partial charge in [0.1, 0.15) is 30.8 Å². The van der Waals surface area contributed by atoms with Crippen LogP contribution in [0.5, 0.6) is 0 Å². The lowest BCUT2D eigenvalue weighted by Crippen LogP contribution is -2.59. The Balaban J connectivity index is 1.25. The fourth-order valence-electron chi connectivity index (χ4n) is 7.25. The van der Waals surface area contributed by atoms with Crippen molar-refractivity contribution in [2.75, 3.05) is 40.0 Å². The smallest absolute Gasteiger partial charge is 0.407 e. The molecule has 0 radical (unpaired) electrons. The molecule has 3 aromatic rings. The lowest BCUT2D eigenvalue weighted by atomic mass is 9.98. The summed E-state index contributed by atoms with van der Waals surface area (Å²) in [5.74, 6) is -3.99. The lowest BCUT2D eigenvalue weighted by Gasteiger charge is -2.32. The van der Waals surface area contributed by atoms with Crippen molar-refractivity contribution in [2.45, 2.75) is 82.5 Å². The molecule has 57 heavy (non-hydrogen) atoms. The van der Waals surface area contributed by atoms with Crippen LogP contribution in [-0.2, 0) is 39.9 Å². The number of likely N-dealkylation sites (tertiary alicyclic amines) is 1. The van der Waals surface area contributed by atoms with Crippen molar-refractivity contribution in [1.82, 2.24) is 25.8 Å². The number of amides is 5. The number of carboxylic acid groups (broad SMARTS) is 1. The molecular weight excluding hydrogens is 730 g/mol. The summed E-state index contributed by atoms with van der Waals surface area (Å²) >= 11 is 0. The van der Waals surface area contributed by atoms with Gasteiger partial charge in [0.25, 0.3) is 0 Å². The molecule has 3 aromatic carbocycles. The number of piperidine rings is 1. The fraction of sp³-hybridized carbons (Fsp3) is 0.442. The summed E-state index contributed by atoms with van der Waals surface area (Å²) < 4.78 is 11.4. The molecule has 0 saturated carbocycles. The average molecular weight is 784 g/mol. The van der Waals surface area contributed by atoms with Gasteiger partial charge in [-0.05, 0) is 60.4 Å². The Kier molecular flexibility index (Phi) is 15.2. The number of ether oxygens (including phenoxy) is 2. The molecule has 0 bridgehead atoms. The van der Waals surface area contributed by atoms with Gasteiger partial charge in [-0.25, -0.2) is 4.79 Å². The number of benzene rings is 3. The first-order chi connectivity index (χ1) is 27.5. The number of fused-ring (bicyclic) bond motifs is 3. The molecule has 1 heterocycles. The average Bonchev–Trinajstić information content (AvgIpc) is 3.54. The molecule has 1 saturated heterocycles. The van der Waals surface area contributed by atoms with Crippen LogP contribution < -0.4 is 16.0 Å². The van der Waals surface area contributed by atoms with Crippen LogP contribution >= 0.6 is 0 Å². The van der Waals surface area contributed by atoms with Crippen LogP contribution in [0.3, 0.4) is 0 Å². The minimum absolute atomic E-state index is 0.0251. The first-order valence-electron chi connectivity index (χ1n) is 19.6. The molecule has 0 unspecified atom stereocenters. The first kappa shape index (κ1) is 42.4. The first-order valence-corrected chi connectivity index (χ1v) is 19.6. The second kappa shape index (κ2) is 20.4. The highest BCUT2D eigenvalue weighted by Gasteiger charge is 2.35. The number of aliphatic carboxylic acids is 1. The Morgan fingerprint density at radius 1 is 0.789 bits per heavy atom. The summed E-state index contributed by atoms with van der Waals surface area (Å²) in [6, 6.07) is 19.9. The highest BCUT2D eigenvalue weighted by molar-refractivity contribution is 5.96. The van der Waals surface area contributed by atoms with Gasteiger partial charge in [-0.1, -0.05) is 85.8 Å². The quantitative estimate of drug-likeness (QED) is 0.139. The standard InChI is InChI=1S/C43H53N5O9/c1-4-23-56-27-37(46-43(55)57-26-34-32-19-11-9-17-30(32)31-18-10-12-20-33(31)34)41(53)47(3)28(2)39(51)44-35(24-29-15-7-5-8-16-29)40(52)45-36(25-38(49)50)42(54)48-21-13-6-14-22-48/h5,7-12,15-20,28,34-37H,4,6,13-14,21-27H2,1-3H3,(H,44,51)(H,45,52)(H,46,55)(H,49,50)/t28-,35-,36-,37-/m0/s1. The molecule has 5 amide bonds. The molecule has 2 aliphatic rings. The number of nitrogens with one attached hydrogen (secondary N) is 3. The van der Waals surface area contributed by atoms with E-state index in [1.165, 1.54) is 14.0 Å². The minimum atomic E-state index is -1.34. The van der Waals surface area contributed by atoms with Crippen LogP contribution in [-0.4, -0.2) is 115 Å². The van der Waals surface area contributed by atoms with E-state index in [9.17, 15) is 33.9 Å². The molecule has 1 fully saturated rings. The Labute approximate surface area is 333 Å². The highest BCUT2D eigenvalue weighted by atomic mass is 16.5. The molecule has 14 heteroatoms. The molecule has 14 nitrogen and oxygen atoms in total. The van der Waals surface area contributed by atoms with Gasteiger partial charge in [0.15, 0.2) is 0 Å². The molecule has 5 rings (SSSR count). The normalized spacial score (nSPS) is 15.5. The summed E-state index contributed by atoms with van der Waals surface area (Å²) in [7, 11) is 1.41. The zero-order valence-corrected chi connectivity index (χ0v) is 32.8. The van der Waals surface area contributed by atoms with E-state index < -0.39 is 66.3 Å². The SMILES string of the molecule is CCCOC[C@H](NC(=O)OCC1c2ccccc2-c2ccccc21)C(=O)N(C)[C@@H](C)C(=O)N[C@@H](Cc1ccccc1)C(=O)N[C@@H](CC(=O)O)C(=O)N1CCCCC1. The third kappa shape index (κ3) is 11.2. The highest BCUT2D eigenvalue weighted by Crippen LogP contribution is 2.44. The molecule has 0 aromatic heterocycles. The topological polar surface area (TPSA) is 184 Å². The molecule has 304 valence electrons. The van der Waals surface area contributed by atoms with Gasteiger partial charge in [0.05, 0.1) is 13.0 Å². The molecule has 4 N–H and O–H groups in total. The van der Waals surface area contributed by atoms with Crippen molar-refractivity contribution in [2.24, 2.45) is 0 Å². The van der Waals surface area contributed by atoms with E-state index in [0.29, 0.717) is 31.7 Å². The van der Waals surface area contributed by atoms with E-state index in [0.717, 1.165) is 46.4 Å². The van der Waals surface area contributed by atoms with Crippen molar-refractivity contribution in [3.8, 4) is 11.1 Å². The lowest BCUT2D eigenvalue weighted by molar-refractivity contribution is -0.145. The predicted octanol–water partition coefficient (Wildman–Crippen LogP) is 3.87. The number of carbonyl (C=O) groups is 6. The summed E-state index contributed by atoms with van der Waals surface area (Å²) in [4.78, 5) is 82.6. The number of carbonyl (C=O) groups excluding carboxylic acids is 5. The van der Waals surface area contributed by atoms with Crippen molar-refractivity contribution >= 4 is 35.7 Å². The second-order valence-electron chi connectivity index (χ2n) is 14.5. The van der Waals surface area contributed by atoms with E-state index in [4.69, 9.17) is 9.47 Å². The number of hydrogen-bond acceptors (Lipinski definition) is 8. The van der Waals surface area contributed by atoms with Gasteiger partial charge in [-0.15, -0.1) is 0 Å². The van der Waals surface area contributed by atoms with E-state index in [1.54, 1.807) is 35.2 Å². The Hall–Kier alpha value is -5.76. The van der Waals surface area contributed by atoms with E-state index in [-0.39, 0.29) is 25.6 Å². The number of carboxylic acids is 1. The summed E-state index contributed by atoms with van der Waals surface area (Å²) in [6.07, 6.45) is 1.76. The van der Waals surface area contributed by atoms with Gasteiger partial charge >= 0.3 is 12.1 Å². The van der Waals surface area contributed by atoms with Gasteiger partial charge in [0, 0.05) is 39.1 Å². The molecular formula is C43H53N5O9. The van der Waals surface area contributed by atoms with Crippen LogP contribution in [0.2, 0.25) is 0 Å². The third-order valence-electron chi connectivity index (χ3n) is 10.5. The summed E-state index contributed by atoms with van der Waals surface area (Å²) in [5, 5.41) is 17.5. The van der Waals surface area contributed by atoms with Crippen LogP contribution in [0.25, 0.3) is 11.1 Å². The fourth-order valence-corrected chi connectivity index (χ4v) is 7.25. The van der Waals surface area contributed by atoms with E-state index >= 15 is 0 Å². The van der Waals surface area contributed by atoms with Gasteiger partial charge in [-0.2, -0.15) is 0 Å². The van der Waals surface area contributed by atoms with Crippen LogP contribution in [0, 0.1) is 0 Å². The van der Waals surface area contributed by atoms with Crippen molar-refractivity contribution < 1.29 is 43.3 Å². The zero-order valence-electron chi connectivity index (χ0n) is 32.8. The maximum Gasteiger partial charge on any atom is 0.407 e. The number of rotatable bonds is 18. The molecule has 4 atom stereocenters. The predicted molar refractivity (Wildman–Crippen MR) is 212 cm³/mol. The minimum Gasteiger partial charge on any atom is -0.481 e. The number of nitrogens with zero attached hydrogens (tertiary/aromatic N) is 2. The number of likely N-dealkylation sites (N-methyl/N-ethyl adjacent to an activating group) is 1. The van der Waals surface area contributed by atoms with E-state index in [1.807, 2.05) is 55.5 Å². The molecule has 1 aliphatic heterocycles. The number of hydrogen-bond donors (Lipinski definition) is 4.